The smallest absolute Gasteiger partial charge is 0.313 e. The molecule has 102 valence electrons. The van der Waals surface area contributed by atoms with E-state index in [4.69, 9.17) is 0 Å². The van der Waals surface area contributed by atoms with E-state index in [1.54, 1.807) is 36.4 Å². The highest BCUT2D eigenvalue weighted by atomic mass is 16.4. The molecule has 1 aliphatic rings. The zero-order chi connectivity index (χ0) is 13.9. The minimum absolute atomic E-state index is 0.283. The number of allylic oxidation sites excluding steroid dienone is 1. The van der Waals surface area contributed by atoms with E-state index in [1.807, 2.05) is 6.08 Å². The van der Waals surface area contributed by atoms with Gasteiger partial charge in [-0.3, -0.25) is 4.79 Å². The lowest BCUT2D eigenvalue weighted by Gasteiger charge is -2.37. The van der Waals surface area contributed by atoms with Gasteiger partial charge < -0.3 is 15.3 Å². The van der Waals surface area contributed by atoms with Crippen LogP contribution < -0.4 is 0 Å². The number of rotatable bonds is 4. The fourth-order valence-corrected chi connectivity index (χ4v) is 2.54. The molecule has 3 N–H and O–H groups in total. The zero-order valence-electron chi connectivity index (χ0n) is 10.6. The summed E-state index contributed by atoms with van der Waals surface area (Å²) in [6.45, 7) is 0. The summed E-state index contributed by atoms with van der Waals surface area (Å²) in [5.74, 6) is -2.24. The molecule has 19 heavy (non-hydrogen) atoms. The molecule has 1 aromatic carbocycles. The van der Waals surface area contributed by atoms with Gasteiger partial charge in [0.1, 0.15) is 12.0 Å². The molecule has 0 bridgehead atoms. The second-order valence-electron chi connectivity index (χ2n) is 4.99. The molecule has 1 aliphatic carbocycles. The largest absolute Gasteiger partial charge is 0.481 e. The number of carbonyl (C=O) groups is 1. The van der Waals surface area contributed by atoms with Crippen LogP contribution in [0.25, 0.3) is 0 Å². The molecule has 0 saturated heterocycles. The summed E-state index contributed by atoms with van der Waals surface area (Å²) in [5, 5.41) is 30.2. The second kappa shape index (κ2) is 5.55. The van der Waals surface area contributed by atoms with E-state index in [0.29, 0.717) is 18.4 Å². The van der Waals surface area contributed by atoms with Gasteiger partial charge >= 0.3 is 5.97 Å². The van der Waals surface area contributed by atoms with Crippen LogP contribution in [0.4, 0.5) is 0 Å². The molecule has 4 nitrogen and oxygen atoms in total. The molecular formula is C15H18O4. The van der Waals surface area contributed by atoms with Crippen LogP contribution in [0.5, 0.6) is 0 Å². The van der Waals surface area contributed by atoms with Crippen molar-refractivity contribution in [2.24, 2.45) is 0 Å². The summed E-state index contributed by atoms with van der Waals surface area (Å²) in [6, 6.07) is 8.55. The Bertz CT molecular complexity index is 468. The first-order valence-corrected chi connectivity index (χ1v) is 6.38. The van der Waals surface area contributed by atoms with Gasteiger partial charge in [-0.1, -0.05) is 42.5 Å². The van der Waals surface area contributed by atoms with E-state index in [1.165, 1.54) is 0 Å². The zero-order valence-corrected chi connectivity index (χ0v) is 10.6. The van der Waals surface area contributed by atoms with Crippen molar-refractivity contribution in [1.29, 1.82) is 0 Å². The first-order valence-electron chi connectivity index (χ1n) is 6.38. The highest BCUT2D eigenvalue weighted by Gasteiger charge is 2.43. The molecule has 0 radical (unpaired) electrons. The Morgan fingerprint density at radius 1 is 1.21 bits per heavy atom. The number of aliphatic carboxylic acids is 1. The van der Waals surface area contributed by atoms with Crippen molar-refractivity contribution in [3.63, 3.8) is 0 Å². The Morgan fingerprint density at radius 3 is 2.42 bits per heavy atom. The van der Waals surface area contributed by atoms with E-state index in [2.05, 4.69) is 0 Å². The van der Waals surface area contributed by atoms with Crippen LogP contribution in [0.15, 0.2) is 42.5 Å². The third-order valence-corrected chi connectivity index (χ3v) is 3.67. The van der Waals surface area contributed by atoms with Crippen LogP contribution in [0.2, 0.25) is 0 Å². The van der Waals surface area contributed by atoms with E-state index < -0.39 is 23.6 Å². The van der Waals surface area contributed by atoms with Gasteiger partial charge in [-0.2, -0.15) is 0 Å². The summed E-state index contributed by atoms with van der Waals surface area (Å²) >= 11 is 0. The Morgan fingerprint density at radius 2 is 1.89 bits per heavy atom. The number of carboxylic acids is 1. The lowest BCUT2D eigenvalue weighted by Crippen LogP contribution is -2.48. The first kappa shape index (κ1) is 13.8. The SMILES string of the molecule is O=C(O)C(c1ccccc1)C(O)C1(O)CC=CCC1. The molecule has 0 aliphatic heterocycles. The molecule has 0 spiro atoms. The van der Waals surface area contributed by atoms with Crippen LogP contribution in [0, 0.1) is 0 Å². The van der Waals surface area contributed by atoms with Crippen molar-refractivity contribution in [1.82, 2.24) is 0 Å². The van der Waals surface area contributed by atoms with E-state index >= 15 is 0 Å². The topological polar surface area (TPSA) is 77.8 Å². The van der Waals surface area contributed by atoms with E-state index in [-0.39, 0.29) is 6.42 Å². The number of hydrogen-bond donors (Lipinski definition) is 3. The van der Waals surface area contributed by atoms with Gasteiger partial charge in [0.25, 0.3) is 0 Å². The fraction of sp³-hybridized carbons (Fsp3) is 0.400. The van der Waals surface area contributed by atoms with Crippen molar-refractivity contribution >= 4 is 5.97 Å². The lowest BCUT2D eigenvalue weighted by atomic mass is 9.76. The molecule has 0 saturated carbocycles. The van der Waals surface area contributed by atoms with Crippen LogP contribution in [0.1, 0.15) is 30.7 Å². The number of aliphatic hydroxyl groups excluding tert-OH is 1. The van der Waals surface area contributed by atoms with E-state index in [9.17, 15) is 20.1 Å². The molecule has 1 aromatic rings. The monoisotopic (exact) mass is 262 g/mol. The predicted octanol–water partition coefficient (Wildman–Crippen LogP) is 1.69. The maximum absolute atomic E-state index is 11.4. The summed E-state index contributed by atoms with van der Waals surface area (Å²) in [7, 11) is 0. The summed E-state index contributed by atoms with van der Waals surface area (Å²) in [6.07, 6.45) is 3.70. The number of benzene rings is 1. The molecule has 0 heterocycles. The van der Waals surface area contributed by atoms with Gasteiger partial charge in [0, 0.05) is 0 Å². The van der Waals surface area contributed by atoms with E-state index in [0.717, 1.165) is 0 Å². The van der Waals surface area contributed by atoms with Crippen molar-refractivity contribution < 1.29 is 20.1 Å². The summed E-state index contributed by atoms with van der Waals surface area (Å²) in [4.78, 5) is 11.4. The molecule has 2 rings (SSSR count). The Labute approximate surface area is 112 Å². The molecular weight excluding hydrogens is 244 g/mol. The van der Waals surface area contributed by atoms with Crippen molar-refractivity contribution in [2.75, 3.05) is 0 Å². The lowest BCUT2D eigenvalue weighted by molar-refractivity contribution is -0.150. The number of hydrogen-bond acceptors (Lipinski definition) is 3. The molecule has 0 aromatic heterocycles. The third kappa shape index (κ3) is 2.85. The van der Waals surface area contributed by atoms with Crippen LogP contribution >= 0.6 is 0 Å². The minimum Gasteiger partial charge on any atom is -0.481 e. The van der Waals surface area contributed by atoms with Crippen molar-refractivity contribution in [3.05, 3.63) is 48.0 Å². The van der Waals surface area contributed by atoms with Gasteiger partial charge in [-0.05, 0) is 24.8 Å². The fourth-order valence-electron chi connectivity index (χ4n) is 2.54. The molecule has 3 unspecified atom stereocenters. The van der Waals surface area contributed by atoms with Gasteiger partial charge in [0.05, 0.1) is 5.60 Å². The summed E-state index contributed by atoms with van der Waals surface area (Å²) in [5.41, 5.74) is -0.862. The van der Waals surface area contributed by atoms with Gasteiger partial charge in [-0.25, -0.2) is 0 Å². The van der Waals surface area contributed by atoms with Gasteiger partial charge in [0.15, 0.2) is 0 Å². The van der Waals surface area contributed by atoms with Gasteiger partial charge in [0.2, 0.25) is 0 Å². The Balaban J connectivity index is 2.29. The standard InChI is InChI=1S/C15H18O4/c16-13(15(19)9-5-2-6-10-15)12(14(17)18)11-7-3-1-4-8-11/h1-5,7-8,12-13,16,19H,6,9-10H2,(H,17,18). The molecule has 0 fully saturated rings. The average molecular weight is 262 g/mol. The molecule has 3 atom stereocenters. The Kier molecular flexibility index (Phi) is 4.02. The molecule has 4 heteroatoms. The number of carboxylic acid groups (broad SMARTS) is 1. The average Bonchev–Trinajstić information content (AvgIpc) is 2.40. The summed E-state index contributed by atoms with van der Waals surface area (Å²) < 4.78 is 0. The predicted molar refractivity (Wildman–Crippen MR) is 70.8 cm³/mol. The highest BCUT2D eigenvalue weighted by Crippen LogP contribution is 2.34. The second-order valence-corrected chi connectivity index (χ2v) is 4.99. The molecule has 0 amide bonds. The van der Waals surface area contributed by atoms with Crippen LogP contribution in [-0.4, -0.2) is 33.0 Å². The first-order chi connectivity index (χ1) is 9.04. The minimum atomic E-state index is -1.37. The van der Waals surface area contributed by atoms with Crippen molar-refractivity contribution in [2.45, 2.75) is 36.9 Å². The maximum atomic E-state index is 11.4. The third-order valence-electron chi connectivity index (χ3n) is 3.67. The van der Waals surface area contributed by atoms with Gasteiger partial charge in [-0.15, -0.1) is 0 Å². The van der Waals surface area contributed by atoms with Crippen LogP contribution in [0.3, 0.4) is 0 Å². The Hall–Kier alpha value is -1.65. The highest BCUT2D eigenvalue weighted by molar-refractivity contribution is 5.77. The normalized spacial score (nSPS) is 25.8. The number of aliphatic hydroxyl groups is 2. The van der Waals surface area contributed by atoms with Crippen LogP contribution in [-0.2, 0) is 4.79 Å². The van der Waals surface area contributed by atoms with Crippen molar-refractivity contribution in [3.8, 4) is 0 Å². The quantitative estimate of drug-likeness (QED) is 0.721. The maximum Gasteiger partial charge on any atom is 0.313 e.